The Morgan fingerprint density at radius 3 is 2.41 bits per heavy atom. The van der Waals surface area contributed by atoms with Gasteiger partial charge in [0.05, 0.1) is 6.61 Å². The van der Waals surface area contributed by atoms with E-state index in [1.807, 2.05) is 12.1 Å². The maximum absolute atomic E-state index is 13.4. The number of nitrogens with zero attached hydrogens (tertiary/aromatic N) is 3. The van der Waals surface area contributed by atoms with Crippen molar-refractivity contribution in [2.75, 3.05) is 26.2 Å². The van der Waals surface area contributed by atoms with Crippen molar-refractivity contribution in [3.8, 4) is 11.1 Å². The number of pyridine rings is 1. The number of rotatable bonds is 5. The summed E-state index contributed by atoms with van der Waals surface area (Å²) in [5, 5.41) is 22.4. The van der Waals surface area contributed by atoms with Crippen LogP contribution in [0.1, 0.15) is 21.6 Å². The first-order chi connectivity index (χ1) is 17.7. The molecule has 11 heteroatoms. The highest BCUT2D eigenvalue weighted by Gasteiger charge is 2.33. The predicted molar refractivity (Wildman–Crippen MR) is 139 cm³/mol. The second kappa shape index (κ2) is 9.79. The number of nitrogens with one attached hydrogen (secondary N) is 1. The zero-order valence-electron chi connectivity index (χ0n) is 20.0. The van der Waals surface area contributed by atoms with Gasteiger partial charge in [-0.3, -0.25) is 4.79 Å². The Hall–Kier alpha value is -3.44. The second-order valence-electron chi connectivity index (χ2n) is 8.94. The molecular weight excluding hydrogens is 516 g/mol. The first-order valence-corrected chi connectivity index (χ1v) is 13.5. The van der Waals surface area contributed by atoms with Crippen molar-refractivity contribution in [1.29, 1.82) is 0 Å². The lowest BCUT2D eigenvalue weighted by molar-refractivity contribution is -0.612. The number of piperazine rings is 1. The van der Waals surface area contributed by atoms with Gasteiger partial charge in [0, 0.05) is 72.3 Å². The van der Waals surface area contributed by atoms with Gasteiger partial charge >= 0.3 is 0 Å². The van der Waals surface area contributed by atoms with Crippen molar-refractivity contribution in [2.24, 2.45) is 0 Å². The van der Waals surface area contributed by atoms with E-state index in [9.17, 15) is 23.5 Å². The molecule has 1 saturated heterocycles. The Morgan fingerprint density at radius 2 is 1.76 bits per heavy atom. The Balaban J connectivity index is 1.29. The number of benzene rings is 2. The van der Waals surface area contributed by atoms with Gasteiger partial charge in [0.15, 0.2) is 16.9 Å². The van der Waals surface area contributed by atoms with Crippen LogP contribution in [0.5, 0.6) is 0 Å². The number of aryl methyl sites for hydroxylation is 1. The highest BCUT2D eigenvalue weighted by atomic mass is 35.5. The van der Waals surface area contributed by atoms with E-state index in [2.05, 4.69) is 4.98 Å². The van der Waals surface area contributed by atoms with Crippen molar-refractivity contribution < 1.29 is 23.0 Å². The zero-order chi connectivity index (χ0) is 26.3. The molecule has 0 atom stereocenters. The van der Waals surface area contributed by atoms with E-state index >= 15 is 0 Å². The molecule has 4 aromatic rings. The minimum Gasteiger partial charge on any atom is -0.619 e. The lowest BCUT2D eigenvalue weighted by atomic mass is 10.0. The Bertz CT molecular complexity index is 1590. The third-order valence-electron chi connectivity index (χ3n) is 6.68. The van der Waals surface area contributed by atoms with Gasteiger partial charge in [-0.05, 0) is 41.5 Å². The van der Waals surface area contributed by atoms with Gasteiger partial charge in [-0.15, -0.1) is 0 Å². The number of carbonyl (C=O) groups excluding carboxylic acids is 1. The van der Waals surface area contributed by atoms with Gasteiger partial charge in [0.25, 0.3) is 15.9 Å². The molecular formula is C26H25ClN4O5S. The van der Waals surface area contributed by atoms with Crippen LogP contribution in [0.4, 0.5) is 0 Å². The molecule has 9 nitrogen and oxygen atoms in total. The number of aromatic amines is 1. The molecule has 37 heavy (non-hydrogen) atoms. The molecule has 0 unspecified atom stereocenters. The van der Waals surface area contributed by atoms with Crippen LogP contribution in [-0.2, 0) is 16.6 Å². The number of amides is 1. The minimum atomic E-state index is -3.92. The normalized spacial score (nSPS) is 14.8. The number of carbonyl (C=O) groups is 1. The van der Waals surface area contributed by atoms with Crippen molar-refractivity contribution in [2.45, 2.75) is 18.6 Å². The molecule has 1 aliphatic heterocycles. The number of H-pyrrole nitrogens is 1. The summed E-state index contributed by atoms with van der Waals surface area (Å²) in [4.78, 5) is 17.6. The van der Waals surface area contributed by atoms with Crippen LogP contribution in [0.15, 0.2) is 65.8 Å². The number of sulfonamides is 1. The maximum Gasteiger partial charge on any atom is 0.259 e. The van der Waals surface area contributed by atoms with Crippen molar-refractivity contribution in [3.63, 3.8) is 0 Å². The fourth-order valence-electron chi connectivity index (χ4n) is 4.60. The monoisotopic (exact) mass is 540 g/mol. The molecule has 0 aliphatic carbocycles. The van der Waals surface area contributed by atoms with E-state index in [1.54, 1.807) is 54.3 Å². The molecule has 2 N–H and O–H groups in total. The maximum atomic E-state index is 13.4. The number of hydrogen-bond acceptors (Lipinski definition) is 5. The molecule has 0 saturated carbocycles. The number of aromatic nitrogens is 2. The van der Waals surface area contributed by atoms with Crippen LogP contribution in [0.2, 0.25) is 5.02 Å². The summed E-state index contributed by atoms with van der Waals surface area (Å²) in [5.41, 5.74) is 3.69. The number of halogens is 1. The van der Waals surface area contributed by atoms with Gasteiger partial charge in [0.1, 0.15) is 0 Å². The van der Waals surface area contributed by atoms with Crippen LogP contribution in [0, 0.1) is 12.1 Å². The smallest absolute Gasteiger partial charge is 0.259 e. The Labute approximate surface area is 219 Å². The average Bonchev–Trinajstić information content (AvgIpc) is 3.28. The molecule has 0 spiro atoms. The van der Waals surface area contributed by atoms with Crippen molar-refractivity contribution >= 4 is 38.4 Å². The van der Waals surface area contributed by atoms with Crippen molar-refractivity contribution in [1.82, 2.24) is 14.2 Å². The first kappa shape index (κ1) is 25.2. The van der Waals surface area contributed by atoms with E-state index in [-0.39, 0.29) is 42.7 Å². The standard InChI is InChI=1S/C26H25ClN4O5S/c1-17-14-20(8-9-31(17)34)18-2-4-19(5-3-18)26(33)29-10-12-30(13-11-29)37(35,36)25-23(16-32)22-15-21(27)6-7-24(22)28-25/h2-9,14-15,28,32H,10-13,16H2,1H3. The summed E-state index contributed by atoms with van der Waals surface area (Å²) in [7, 11) is -3.92. The van der Waals surface area contributed by atoms with Crippen molar-refractivity contribution in [3.05, 3.63) is 87.8 Å². The number of aliphatic hydroxyl groups is 1. The van der Waals surface area contributed by atoms with Gasteiger partial charge in [-0.1, -0.05) is 23.7 Å². The number of aliphatic hydroxyl groups excluding tert-OH is 1. The van der Waals surface area contributed by atoms with E-state index < -0.39 is 16.6 Å². The number of fused-ring (bicyclic) bond motifs is 1. The van der Waals surface area contributed by atoms with Gasteiger partial charge in [0.2, 0.25) is 0 Å². The van der Waals surface area contributed by atoms with Crippen LogP contribution < -0.4 is 4.73 Å². The molecule has 2 aromatic carbocycles. The van der Waals surface area contributed by atoms with Crippen LogP contribution in [-0.4, -0.2) is 59.8 Å². The zero-order valence-corrected chi connectivity index (χ0v) is 21.6. The molecule has 5 rings (SSSR count). The average molecular weight is 541 g/mol. The summed E-state index contributed by atoms with van der Waals surface area (Å²) < 4.78 is 28.9. The van der Waals surface area contributed by atoms with Gasteiger partial charge < -0.3 is 20.2 Å². The van der Waals surface area contributed by atoms with E-state index in [1.165, 1.54) is 10.5 Å². The van der Waals surface area contributed by atoms with E-state index in [0.29, 0.717) is 27.2 Å². The third-order valence-corrected chi connectivity index (χ3v) is 8.82. The second-order valence-corrected chi connectivity index (χ2v) is 11.2. The molecule has 1 amide bonds. The molecule has 192 valence electrons. The molecule has 1 aliphatic rings. The SMILES string of the molecule is Cc1cc(-c2ccc(C(=O)N3CCN(S(=O)(=O)c4[nH]c5ccc(Cl)cc5c4CO)CC3)cc2)cc[n+]1[O-]. The number of hydrogen-bond donors (Lipinski definition) is 2. The summed E-state index contributed by atoms with van der Waals surface area (Å²) in [6, 6.07) is 15.6. The van der Waals surface area contributed by atoms with Gasteiger partial charge in [-0.25, -0.2) is 8.42 Å². The fraction of sp³-hybridized carbons (Fsp3) is 0.231. The van der Waals surface area contributed by atoms with Crippen LogP contribution in [0.25, 0.3) is 22.0 Å². The lowest BCUT2D eigenvalue weighted by Gasteiger charge is -2.34. The summed E-state index contributed by atoms with van der Waals surface area (Å²) in [6.07, 6.45) is 1.45. The summed E-state index contributed by atoms with van der Waals surface area (Å²) in [6.45, 7) is 2.01. The molecule has 3 heterocycles. The van der Waals surface area contributed by atoms with E-state index in [0.717, 1.165) is 15.9 Å². The highest BCUT2D eigenvalue weighted by molar-refractivity contribution is 7.89. The Kier molecular flexibility index (Phi) is 6.67. The fourth-order valence-corrected chi connectivity index (χ4v) is 6.40. The molecule has 1 fully saturated rings. The topological polar surface area (TPSA) is 121 Å². The van der Waals surface area contributed by atoms with E-state index in [4.69, 9.17) is 11.6 Å². The highest BCUT2D eigenvalue weighted by Crippen LogP contribution is 2.30. The predicted octanol–water partition coefficient (Wildman–Crippen LogP) is 3.07. The Morgan fingerprint density at radius 1 is 1.05 bits per heavy atom. The van der Waals surface area contributed by atoms with Gasteiger partial charge in [-0.2, -0.15) is 9.04 Å². The summed E-state index contributed by atoms with van der Waals surface area (Å²) >= 11 is 6.06. The quantitative estimate of drug-likeness (QED) is 0.298. The summed E-state index contributed by atoms with van der Waals surface area (Å²) in [5.74, 6) is -0.179. The molecule has 2 aromatic heterocycles. The molecule has 0 bridgehead atoms. The van der Waals surface area contributed by atoms with Crippen LogP contribution >= 0.6 is 11.6 Å². The minimum absolute atomic E-state index is 0.0544. The largest absolute Gasteiger partial charge is 0.619 e. The first-order valence-electron chi connectivity index (χ1n) is 11.7. The molecule has 0 radical (unpaired) electrons. The lowest BCUT2D eigenvalue weighted by Crippen LogP contribution is -2.50. The van der Waals surface area contributed by atoms with Crippen LogP contribution in [0.3, 0.4) is 0 Å². The third kappa shape index (κ3) is 4.69.